The molecule has 0 saturated carbocycles. The first-order valence-electron chi connectivity index (χ1n) is 8.15. The van der Waals surface area contributed by atoms with Gasteiger partial charge in [0.25, 0.3) is 0 Å². The molecule has 20 heavy (non-hydrogen) atoms. The average Bonchev–Trinajstić information content (AvgIpc) is 2.36. The van der Waals surface area contributed by atoms with Gasteiger partial charge in [-0.3, -0.25) is 9.69 Å². The minimum Gasteiger partial charge on any atom is -0.387 e. The van der Waals surface area contributed by atoms with Gasteiger partial charge in [0, 0.05) is 26.2 Å². The monoisotopic (exact) mass is 284 g/mol. The van der Waals surface area contributed by atoms with Crippen LogP contribution in [-0.4, -0.2) is 59.1 Å². The van der Waals surface area contributed by atoms with Crippen molar-refractivity contribution in [3.05, 3.63) is 0 Å². The Kier molecular flexibility index (Phi) is 6.96. The number of β-amino-alcohol motifs (C(OH)–C–C–N with tert-alkyl or cyclic N) is 1. The topological polar surface area (TPSA) is 43.8 Å². The third-order valence-corrected chi connectivity index (χ3v) is 4.34. The highest BCUT2D eigenvalue weighted by molar-refractivity contribution is 5.78. The molecule has 1 amide bonds. The maximum atomic E-state index is 12.3. The van der Waals surface area contributed by atoms with E-state index in [4.69, 9.17) is 0 Å². The third kappa shape index (κ3) is 4.74. The Morgan fingerprint density at radius 1 is 1.20 bits per heavy atom. The smallest absolute Gasteiger partial charge is 0.236 e. The average molecular weight is 284 g/mol. The van der Waals surface area contributed by atoms with Crippen molar-refractivity contribution in [2.24, 2.45) is 5.92 Å². The Bertz CT molecular complexity index is 291. The molecule has 1 saturated heterocycles. The largest absolute Gasteiger partial charge is 0.387 e. The first-order valence-corrected chi connectivity index (χ1v) is 8.15. The molecule has 4 nitrogen and oxygen atoms in total. The minimum absolute atomic E-state index is 0.220. The van der Waals surface area contributed by atoms with Crippen LogP contribution in [0.15, 0.2) is 0 Å². The van der Waals surface area contributed by atoms with Crippen molar-refractivity contribution in [1.29, 1.82) is 0 Å². The van der Waals surface area contributed by atoms with E-state index in [0.29, 0.717) is 19.6 Å². The van der Waals surface area contributed by atoms with Gasteiger partial charge in [-0.25, -0.2) is 0 Å². The summed E-state index contributed by atoms with van der Waals surface area (Å²) in [5, 5.41) is 10.2. The molecule has 1 aliphatic rings. The van der Waals surface area contributed by atoms with Gasteiger partial charge >= 0.3 is 0 Å². The number of aliphatic hydroxyl groups is 1. The van der Waals surface area contributed by atoms with Crippen LogP contribution < -0.4 is 0 Å². The van der Waals surface area contributed by atoms with E-state index in [9.17, 15) is 9.90 Å². The maximum absolute atomic E-state index is 12.3. The summed E-state index contributed by atoms with van der Waals surface area (Å²) in [6, 6.07) is 0. The number of carbonyl (C=O) groups excluding carboxylic acids is 1. The first kappa shape index (κ1) is 17.4. The van der Waals surface area contributed by atoms with Crippen LogP contribution >= 0.6 is 0 Å². The fourth-order valence-electron chi connectivity index (χ4n) is 2.56. The number of likely N-dealkylation sites (tertiary alicyclic amines) is 1. The SMILES string of the molecule is CCCCN(CCCC)C(=O)CN1CC(O)(C(C)C)C1. The third-order valence-electron chi connectivity index (χ3n) is 4.34. The van der Waals surface area contributed by atoms with E-state index in [1.165, 1.54) is 0 Å². The molecule has 1 rings (SSSR count). The standard InChI is InChI=1S/C16H32N2O2/c1-5-7-9-18(10-8-6-2)15(19)11-17-12-16(20,13-17)14(3)4/h14,20H,5-13H2,1-4H3. The molecule has 4 heteroatoms. The van der Waals surface area contributed by atoms with Crippen LogP contribution in [0, 0.1) is 5.92 Å². The van der Waals surface area contributed by atoms with Crippen molar-refractivity contribution >= 4 is 5.91 Å². The molecule has 0 aromatic carbocycles. The van der Waals surface area contributed by atoms with Crippen LogP contribution in [0.2, 0.25) is 0 Å². The number of rotatable bonds is 9. The van der Waals surface area contributed by atoms with Gasteiger partial charge < -0.3 is 10.0 Å². The molecule has 0 radical (unpaired) electrons. The van der Waals surface area contributed by atoms with Gasteiger partial charge in [0.1, 0.15) is 0 Å². The maximum Gasteiger partial charge on any atom is 0.236 e. The lowest BCUT2D eigenvalue weighted by Crippen LogP contribution is -2.65. The van der Waals surface area contributed by atoms with Gasteiger partial charge in [0.15, 0.2) is 0 Å². The van der Waals surface area contributed by atoms with Crippen molar-refractivity contribution in [3.63, 3.8) is 0 Å². The fourth-order valence-corrected chi connectivity index (χ4v) is 2.56. The Hall–Kier alpha value is -0.610. The van der Waals surface area contributed by atoms with Crippen molar-refractivity contribution in [2.75, 3.05) is 32.7 Å². The van der Waals surface area contributed by atoms with E-state index >= 15 is 0 Å². The van der Waals surface area contributed by atoms with Crippen LogP contribution in [0.3, 0.4) is 0 Å². The van der Waals surface area contributed by atoms with Crippen molar-refractivity contribution in [1.82, 2.24) is 9.80 Å². The molecule has 118 valence electrons. The molecule has 1 fully saturated rings. The second kappa shape index (κ2) is 7.99. The Morgan fingerprint density at radius 3 is 2.10 bits per heavy atom. The van der Waals surface area contributed by atoms with Gasteiger partial charge in [-0.15, -0.1) is 0 Å². The predicted octanol–water partition coefficient (Wildman–Crippen LogP) is 2.12. The fraction of sp³-hybridized carbons (Fsp3) is 0.938. The Labute approximate surface area is 124 Å². The summed E-state index contributed by atoms with van der Waals surface area (Å²) in [7, 11) is 0. The zero-order chi connectivity index (χ0) is 15.2. The molecule has 0 aromatic heterocycles. The highest BCUT2D eigenvalue weighted by Crippen LogP contribution is 2.28. The van der Waals surface area contributed by atoms with Gasteiger partial charge in [0.05, 0.1) is 12.1 Å². The highest BCUT2D eigenvalue weighted by Gasteiger charge is 2.44. The second-order valence-electron chi connectivity index (χ2n) is 6.49. The van der Waals surface area contributed by atoms with Crippen LogP contribution in [0.25, 0.3) is 0 Å². The second-order valence-corrected chi connectivity index (χ2v) is 6.49. The lowest BCUT2D eigenvalue weighted by atomic mass is 9.83. The lowest BCUT2D eigenvalue weighted by Gasteiger charge is -2.49. The van der Waals surface area contributed by atoms with E-state index in [-0.39, 0.29) is 11.8 Å². The Balaban J connectivity index is 2.39. The molecule has 0 aliphatic carbocycles. The highest BCUT2D eigenvalue weighted by atomic mass is 16.3. The van der Waals surface area contributed by atoms with E-state index in [1.54, 1.807) is 0 Å². The number of unbranched alkanes of at least 4 members (excludes halogenated alkanes) is 2. The van der Waals surface area contributed by atoms with Crippen LogP contribution in [0.5, 0.6) is 0 Å². The molecule has 1 heterocycles. The van der Waals surface area contributed by atoms with Gasteiger partial charge in [0.2, 0.25) is 5.91 Å². The summed E-state index contributed by atoms with van der Waals surface area (Å²) in [5.74, 6) is 0.475. The summed E-state index contributed by atoms with van der Waals surface area (Å²) >= 11 is 0. The molecule has 1 aliphatic heterocycles. The summed E-state index contributed by atoms with van der Waals surface area (Å²) in [6.45, 7) is 11.8. The summed E-state index contributed by atoms with van der Waals surface area (Å²) in [6.07, 6.45) is 4.39. The molecule has 0 aromatic rings. The number of hydrogen-bond acceptors (Lipinski definition) is 3. The van der Waals surface area contributed by atoms with E-state index < -0.39 is 5.60 Å². The molecule has 0 atom stereocenters. The Morgan fingerprint density at radius 2 is 1.70 bits per heavy atom. The molecular weight excluding hydrogens is 252 g/mol. The number of amides is 1. The van der Waals surface area contributed by atoms with E-state index in [0.717, 1.165) is 38.8 Å². The van der Waals surface area contributed by atoms with Crippen molar-refractivity contribution in [3.8, 4) is 0 Å². The molecule has 0 unspecified atom stereocenters. The normalized spacial score (nSPS) is 18.1. The van der Waals surface area contributed by atoms with Gasteiger partial charge in [-0.2, -0.15) is 0 Å². The zero-order valence-electron chi connectivity index (χ0n) is 13.7. The number of carbonyl (C=O) groups is 1. The predicted molar refractivity (Wildman–Crippen MR) is 82.6 cm³/mol. The van der Waals surface area contributed by atoms with Crippen LogP contribution in [0.4, 0.5) is 0 Å². The van der Waals surface area contributed by atoms with Gasteiger partial charge in [-0.1, -0.05) is 40.5 Å². The number of nitrogens with zero attached hydrogens (tertiary/aromatic N) is 2. The van der Waals surface area contributed by atoms with E-state index in [2.05, 4.69) is 18.7 Å². The van der Waals surface area contributed by atoms with Crippen LogP contribution in [-0.2, 0) is 4.79 Å². The summed E-state index contributed by atoms with van der Waals surface area (Å²) < 4.78 is 0. The molecular formula is C16H32N2O2. The molecule has 1 N–H and O–H groups in total. The van der Waals surface area contributed by atoms with Gasteiger partial charge in [-0.05, 0) is 18.8 Å². The van der Waals surface area contributed by atoms with Crippen molar-refractivity contribution < 1.29 is 9.90 Å². The quantitative estimate of drug-likeness (QED) is 0.705. The number of hydrogen-bond donors (Lipinski definition) is 1. The summed E-state index contributed by atoms with van der Waals surface area (Å²) in [4.78, 5) is 16.4. The van der Waals surface area contributed by atoms with Crippen molar-refractivity contribution in [2.45, 2.75) is 59.0 Å². The zero-order valence-corrected chi connectivity index (χ0v) is 13.7. The lowest BCUT2D eigenvalue weighted by molar-refractivity contribution is -0.149. The molecule has 0 spiro atoms. The molecule has 0 bridgehead atoms. The van der Waals surface area contributed by atoms with Crippen LogP contribution in [0.1, 0.15) is 53.4 Å². The summed E-state index contributed by atoms with van der Waals surface area (Å²) in [5.41, 5.74) is -0.585. The first-order chi connectivity index (χ1) is 9.42. The minimum atomic E-state index is -0.585. The van der Waals surface area contributed by atoms with E-state index in [1.807, 2.05) is 18.7 Å².